The van der Waals surface area contributed by atoms with Gasteiger partial charge in [-0.25, -0.2) is 4.79 Å². The molecule has 140 valence electrons. The molecular weight excluding hydrogens is 362 g/mol. The Bertz CT molecular complexity index is 1110. The minimum Gasteiger partial charge on any atom is -0.508 e. The fourth-order valence-electron chi connectivity index (χ4n) is 3.58. The highest BCUT2D eigenvalue weighted by atomic mass is 16.5. The number of benzene rings is 2. The molecule has 0 fully saturated rings. The molecule has 4 rings (SSSR count). The standard InChI is InChI=1S/C21H15NO6/c22-20(25)10-1-4-13(16(7-10)21(26)27)19-14-5-2-11(23)8-17(14)28-18-9-12(24)3-6-15(18)19/h1-8,19,23H,9H2,(H2,22,25)(H,26,27). The summed E-state index contributed by atoms with van der Waals surface area (Å²) < 4.78 is 5.83. The number of fused-ring (bicyclic) bond motifs is 1. The average molecular weight is 377 g/mol. The van der Waals surface area contributed by atoms with E-state index in [0.29, 0.717) is 28.2 Å². The van der Waals surface area contributed by atoms with Gasteiger partial charge in [0.2, 0.25) is 5.91 Å². The number of carboxylic acid groups (broad SMARTS) is 1. The van der Waals surface area contributed by atoms with Crippen LogP contribution in [0.15, 0.2) is 59.9 Å². The molecule has 2 aliphatic rings. The van der Waals surface area contributed by atoms with Crippen molar-refractivity contribution in [2.24, 2.45) is 5.73 Å². The van der Waals surface area contributed by atoms with Crippen molar-refractivity contribution < 1.29 is 29.3 Å². The first-order chi connectivity index (χ1) is 13.3. The predicted molar refractivity (Wildman–Crippen MR) is 98.3 cm³/mol. The molecule has 1 unspecified atom stereocenters. The van der Waals surface area contributed by atoms with Crippen molar-refractivity contribution in [3.05, 3.63) is 82.1 Å². The van der Waals surface area contributed by atoms with Crippen LogP contribution in [0, 0.1) is 0 Å². The summed E-state index contributed by atoms with van der Waals surface area (Å²) in [4.78, 5) is 35.2. The number of amides is 1. The van der Waals surface area contributed by atoms with Gasteiger partial charge in [0.1, 0.15) is 17.3 Å². The first-order valence-electron chi connectivity index (χ1n) is 8.47. The van der Waals surface area contributed by atoms with Crippen molar-refractivity contribution in [3.8, 4) is 11.5 Å². The van der Waals surface area contributed by atoms with Gasteiger partial charge in [-0.15, -0.1) is 0 Å². The second kappa shape index (κ2) is 6.38. The molecular formula is C21H15NO6. The lowest BCUT2D eigenvalue weighted by Crippen LogP contribution is -2.22. The molecule has 2 aromatic rings. The quantitative estimate of drug-likeness (QED) is 0.754. The molecule has 7 heteroatoms. The summed E-state index contributed by atoms with van der Waals surface area (Å²) in [7, 11) is 0. The van der Waals surface area contributed by atoms with Gasteiger partial charge in [-0.1, -0.05) is 18.2 Å². The van der Waals surface area contributed by atoms with E-state index < -0.39 is 17.8 Å². The Balaban J connectivity index is 1.97. The van der Waals surface area contributed by atoms with Gasteiger partial charge >= 0.3 is 5.97 Å². The Morgan fingerprint density at radius 3 is 2.54 bits per heavy atom. The number of carbonyl (C=O) groups excluding carboxylic acids is 2. The number of ether oxygens (including phenoxy) is 1. The number of ketones is 1. The van der Waals surface area contributed by atoms with Crippen molar-refractivity contribution >= 4 is 17.7 Å². The van der Waals surface area contributed by atoms with Crippen LogP contribution in [0.4, 0.5) is 0 Å². The van der Waals surface area contributed by atoms with Crippen LogP contribution in [0.5, 0.6) is 11.5 Å². The molecule has 1 heterocycles. The second-order valence-corrected chi connectivity index (χ2v) is 6.58. The highest BCUT2D eigenvalue weighted by molar-refractivity contribution is 5.98. The highest BCUT2D eigenvalue weighted by Gasteiger charge is 2.34. The van der Waals surface area contributed by atoms with Gasteiger partial charge in [0.05, 0.1) is 12.0 Å². The first kappa shape index (κ1) is 17.5. The smallest absolute Gasteiger partial charge is 0.336 e. The van der Waals surface area contributed by atoms with E-state index >= 15 is 0 Å². The van der Waals surface area contributed by atoms with E-state index in [1.54, 1.807) is 18.2 Å². The lowest BCUT2D eigenvalue weighted by atomic mass is 9.78. The van der Waals surface area contributed by atoms with E-state index in [2.05, 4.69) is 0 Å². The van der Waals surface area contributed by atoms with Gasteiger partial charge in [-0.3, -0.25) is 9.59 Å². The van der Waals surface area contributed by atoms with E-state index in [0.717, 1.165) is 0 Å². The van der Waals surface area contributed by atoms with Crippen LogP contribution < -0.4 is 10.5 Å². The molecule has 1 aliphatic heterocycles. The average Bonchev–Trinajstić information content (AvgIpc) is 2.65. The molecule has 0 aromatic heterocycles. The van der Waals surface area contributed by atoms with Crippen LogP contribution in [0.2, 0.25) is 0 Å². The molecule has 0 bridgehead atoms. The van der Waals surface area contributed by atoms with Crippen LogP contribution in [0.1, 0.15) is 44.2 Å². The summed E-state index contributed by atoms with van der Waals surface area (Å²) in [6, 6.07) is 8.82. The Kier molecular flexibility index (Phi) is 4.00. The van der Waals surface area contributed by atoms with Crippen LogP contribution in [-0.2, 0) is 4.79 Å². The number of primary amides is 1. The Labute approximate surface area is 159 Å². The molecule has 0 saturated carbocycles. The summed E-state index contributed by atoms with van der Waals surface area (Å²) in [5.41, 5.74) is 7.04. The van der Waals surface area contributed by atoms with Gasteiger partial charge in [-0.2, -0.15) is 0 Å². The number of phenols is 1. The highest BCUT2D eigenvalue weighted by Crippen LogP contribution is 2.47. The molecule has 0 spiro atoms. The molecule has 1 atom stereocenters. The van der Waals surface area contributed by atoms with Gasteiger partial charge in [0, 0.05) is 28.7 Å². The topological polar surface area (TPSA) is 127 Å². The summed E-state index contributed by atoms with van der Waals surface area (Å²) in [6.45, 7) is 0. The lowest BCUT2D eigenvalue weighted by Gasteiger charge is -2.32. The third-order valence-corrected chi connectivity index (χ3v) is 4.84. The van der Waals surface area contributed by atoms with E-state index in [-0.39, 0.29) is 29.1 Å². The Hall–Kier alpha value is -3.87. The molecule has 4 N–H and O–H groups in total. The molecule has 0 radical (unpaired) electrons. The van der Waals surface area contributed by atoms with E-state index in [1.165, 1.54) is 30.3 Å². The number of nitrogens with two attached hydrogens (primary N) is 1. The van der Waals surface area contributed by atoms with Crippen LogP contribution in [0.3, 0.4) is 0 Å². The van der Waals surface area contributed by atoms with Crippen molar-refractivity contribution in [2.45, 2.75) is 12.3 Å². The normalized spacial score (nSPS) is 17.6. The Morgan fingerprint density at radius 2 is 1.82 bits per heavy atom. The van der Waals surface area contributed by atoms with Crippen molar-refractivity contribution in [3.63, 3.8) is 0 Å². The number of carbonyl (C=O) groups is 3. The monoisotopic (exact) mass is 377 g/mol. The van der Waals surface area contributed by atoms with E-state index in [4.69, 9.17) is 10.5 Å². The zero-order valence-electron chi connectivity index (χ0n) is 14.5. The summed E-state index contributed by atoms with van der Waals surface area (Å²) in [5, 5.41) is 19.5. The van der Waals surface area contributed by atoms with Crippen LogP contribution >= 0.6 is 0 Å². The number of phenolic OH excluding ortho intramolecular Hbond substituents is 1. The third kappa shape index (κ3) is 2.83. The summed E-state index contributed by atoms with van der Waals surface area (Å²) in [6.07, 6.45) is 3.09. The zero-order chi connectivity index (χ0) is 20.0. The molecule has 2 aromatic carbocycles. The number of rotatable bonds is 3. The minimum atomic E-state index is -1.21. The van der Waals surface area contributed by atoms with Gasteiger partial charge in [0.25, 0.3) is 0 Å². The van der Waals surface area contributed by atoms with Gasteiger partial charge < -0.3 is 20.7 Å². The van der Waals surface area contributed by atoms with Gasteiger partial charge in [-0.05, 0) is 29.8 Å². The first-order valence-corrected chi connectivity index (χ1v) is 8.47. The number of allylic oxidation sites excluding steroid dienone is 4. The van der Waals surface area contributed by atoms with Crippen LogP contribution in [0.25, 0.3) is 0 Å². The molecule has 1 aliphatic carbocycles. The number of carboxylic acids is 1. The summed E-state index contributed by atoms with van der Waals surface area (Å²) in [5.74, 6) is -1.87. The zero-order valence-corrected chi connectivity index (χ0v) is 14.5. The fourth-order valence-corrected chi connectivity index (χ4v) is 3.58. The third-order valence-electron chi connectivity index (χ3n) is 4.84. The number of hydrogen-bond donors (Lipinski definition) is 3. The maximum Gasteiger partial charge on any atom is 0.336 e. The largest absolute Gasteiger partial charge is 0.508 e. The van der Waals surface area contributed by atoms with Crippen molar-refractivity contribution in [1.82, 2.24) is 0 Å². The SMILES string of the molecule is NC(=O)c1ccc(C2C3=C(CC(=O)C=C3)Oc3cc(O)ccc32)c(C(=O)O)c1. The second-order valence-electron chi connectivity index (χ2n) is 6.58. The van der Waals surface area contributed by atoms with Gasteiger partial charge in [0.15, 0.2) is 5.78 Å². The molecule has 28 heavy (non-hydrogen) atoms. The van der Waals surface area contributed by atoms with E-state index in [1.807, 2.05) is 0 Å². The fraction of sp³-hybridized carbons (Fsp3) is 0.0952. The number of aromatic hydroxyl groups is 1. The molecule has 7 nitrogen and oxygen atoms in total. The minimum absolute atomic E-state index is 0.0123. The number of hydrogen-bond acceptors (Lipinski definition) is 5. The van der Waals surface area contributed by atoms with Crippen molar-refractivity contribution in [1.29, 1.82) is 0 Å². The Morgan fingerprint density at radius 1 is 1.07 bits per heavy atom. The summed E-state index contributed by atoms with van der Waals surface area (Å²) >= 11 is 0. The molecule has 0 saturated heterocycles. The van der Waals surface area contributed by atoms with E-state index in [9.17, 15) is 24.6 Å². The lowest BCUT2D eigenvalue weighted by molar-refractivity contribution is -0.114. The maximum atomic E-state index is 11.9. The van der Waals surface area contributed by atoms with Crippen LogP contribution in [-0.4, -0.2) is 27.9 Å². The molecule has 1 amide bonds. The maximum absolute atomic E-state index is 11.9. The van der Waals surface area contributed by atoms with Crippen molar-refractivity contribution in [2.75, 3.05) is 0 Å². The number of aromatic carboxylic acids is 1. The predicted octanol–water partition coefficient (Wildman–Crippen LogP) is 2.50.